The highest BCUT2D eigenvalue weighted by Crippen LogP contribution is 2.19. The molecule has 180 valence electrons. The highest BCUT2D eigenvalue weighted by atomic mass is 35.5. The minimum absolute atomic E-state index is 0.0604. The minimum atomic E-state index is -0.0604. The third-order valence-electron chi connectivity index (χ3n) is 6.37. The van der Waals surface area contributed by atoms with E-state index in [1.54, 1.807) is 6.07 Å². The smallest absolute Gasteiger partial charge is 0.251 e. The Bertz CT molecular complexity index is 1310. The predicted molar refractivity (Wildman–Crippen MR) is 138 cm³/mol. The normalized spacial score (nSPS) is 14.8. The molecule has 0 atom stereocenters. The van der Waals surface area contributed by atoms with Crippen LogP contribution in [0.2, 0.25) is 5.02 Å². The largest absolute Gasteiger partial charge is 0.487 e. The van der Waals surface area contributed by atoms with Crippen LogP contribution in [0, 0.1) is 6.92 Å². The zero-order valence-electron chi connectivity index (χ0n) is 19.8. The lowest BCUT2D eigenvalue weighted by Gasteiger charge is -2.32. The molecule has 7 heteroatoms. The number of pyridine rings is 1. The van der Waals surface area contributed by atoms with Crippen molar-refractivity contribution in [1.82, 2.24) is 19.6 Å². The molecule has 1 amide bonds. The SMILES string of the molecule is Cc1ccc2nc(COc3cccc(C(=O)NC4CCN(Cc5ccc(Cl)cc5)CC4)c3)cn2c1. The average Bonchev–Trinajstić information content (AvgIpc) is 3.27. The number of imidazole rings is 1. The summed E-state index contributed by atoms with van der Waals surface area (Å²) in [5.41, 5.74) is 4.77. The van der Waals surface area contributed by atoms with Crippen LogP contribution in [0.3, 0.4) is 0 Å². The molecule has 1 saturated heterocycles. The van der Waals surface area contributed by atoms with Crippen molar-refractivity contribution in [2.75, 3.05) is 13.1 Å². The fraction of sp³-hybridized carbons (Fsp3) is 0.286. The van der Waals surface area contributed by atoms with E-state index in [0.717, 1.165) is 48.8 Å². The second-order valence-electron chi connectivity index (χ2n) is 9.17. The van der Waals surface area contributed by atoms with Crippen LogP contribution in [0.15, 0.2) is 73.1 Å². The number of carbonyl (C=O) groups excluding carboxylic acids is 1. The summed E-state index contributed by atoms with van der Waals surface area (Å²) in [4.78, 5) is 19.9. The molecule has 0 aliphatic carbocycles. The number of ether oxygens (including phenoxy) is 1. The number of halogens is 1. The molecule has 6 nitrogen and oxygen atoms in total. The Balaban J connectivity index is 1.12. The van der Waals surface area contributed by atoms with E-state index in [2.05, 4.69) is 34.3 Å². The van der Waals surface area contributed by atoms with Gasteiger partial charge in [0.1, 0.15) is 18.0 Å². The summed E-state index contributed by atoms with van der Waals surface area (Å²) in [6.07, 6.45) is 5.88. The monoisotopic (exact) mass is 488 g/mol. The van der Waals surface area contributed by atoms with Crippen molar-refractivity contribution in [1.29, 1.82) is 0 Å². The number of aromatic nitrogens is 2. The number of hydrogen-bond acceptors (Lipinski definition) is 4. The van der Waals surface area contributed by atoms with Gasteiger partial charge in [0.15, 0.2) is 0 Å². The molecule has 3 heterocycles. The lowest BCUT2D eigenvalue weighted by molar-refractivity contribution is 0.0908. The van der Waals surface area contributed by atoms with E-state index < -0.39 is 0 Å². The Hall–Kier alpha value is -3.35. The van der Waals surface area contributed by atoms with Crippen molar-refractivity contribution in [2.45, 2.75) is 39.0 Å². The number of aryl methyl sites for hydroxylation is 1. The average molecular weight is 489 g/mol. The number of nitrogens with zero attached hydrogens (tertiary/aromatic N) is 3. The molecule has 1 aliphatic rings. The third kappa shape index (κ3) is 6.02. The van der Waals surface area contributed by atoms with Crippen molar-refractivity contribution in [3.05, 3.63) is 100 Å². The number of piperidine rings is 1. The molecule has 2 aromatic heterocycles. The summed E-state index contributed by atoms with van der Waals surface area (Å²) < 4.78 is 7.94. The van der Waals surface area contributed by atoms with Gasteiger partial charge < -0.3 is 14.5 Å². The number of likely N-dealkylation sites (tertiary alicyclic amines) is 1. The van der Waals surface area contributed by atoms with E-state index in [-0.39, 0.29) is 11.9 Å². The fourth-order valence-corrected chi connectivity index (χ4v) is 4.59. The molecule has 2 aromatic carbocycles. The van der Waals surface area contributed by atoms with Crippen LogP contribution in [-0.2, 0) is 13.2 Å². The van der Waals surface area contributed by atoms with Gasteiger partial charge in [-0.1, -0.05) is 35.9 Å². The Morgan fingerprint density at radius 3 is 2.69 bits per heavy atom. The lowest BCUT2D eigenvalue weighted by atomic mass is 10.0. The summed E-state index contributed by atoms with van der Waals surface area (Å²) in [5, 5.41) is 3.96. The second-order valence-corrected chi connectivity index (χ2v) is 9.61. The van der Waals surface area contributed by atoms with E-state index in [1.807, 2.05) is 59.3 Å². The predicted octanol–water partition coefficient (Wildman–Crippen LogP) is 5.27. The molecular weight excluding hydrogens is 460 g/mol. The Labute approximate surface area is 210 Å². The Morgan fingerprint density at radius 2 is 1.89 bits per heavy atom. The third-order valence-corrected chi connectivity index (χ3v) is 6.63. The van der Waals surface area contributed by atoms with Crippen LogP contribution in [0.5, 0.6) is 5.75 Å². The van der Waals surface area contributed by atoms with Crippen LogP contribution in [0.4, 0.5) is 0 Å². The van der Waals surface area contributed by atoms with Gasteiger partial charge in [0.05, 0.1) is 5.69 Å². The Morgan fingerprint density at radius 1 is 1.09 bits per heavy atom. The summed E-state index contributed by atoms with van der Waals surface area (Å²) in [7, 11) is 0. The van der Waals surface area contributed by atoms with E-state index in [1.165, 1.54) is 11.1 Å². The van der Waals surface area contributed by atoms with Crippen LogP contribution in [0.1, 0.15) is 40.0 Å². The van der Waals surface area contributed by atoms with Crippen LogP contribution >= 0.6 is 11.6 Å². The van der Waals surface area contributed by atoms with Gasteiger partial charge in [-0.15, -0.1) is 0 Å². The van der Waals surface area contributed by atoms with Crippen molar-refractivity contribution in [3.63, 3.8) is 0 Å². The van der Waals surface area contributed by atoms with Gasteiger partial charge in [-0.3, -0.25) is 9.69 Å². The van der Waals surface area contributed by atoms with Crippen LogP contribution in [-0.4, -0.2) is 39.3 Å². The second kappa shape index (κ2) is 10.5. The first-order chi connectivity index (χ1) is 17.0. The van der Waals surface area contributed by atoms with E-state index in [0.29, 0.717) is 17.9 Å². The van der Waals surface area contributed by atoms with Crippen molar-refractivity contribution in [3.8, 4) is 5.75 Å². The maximum Gasteiger partial charge on any atom is 0.251 e. The molecule has 0 saturated carbocycles. The van der Waals surface area contributed by atoms with Crippen LogP contribution < -0.4 is 10.1 Å². The van der Waals surface area contributed by atoms with E-state index in [9.17, 15) is 4.79 Å². The molecule has 5 rings (SSSR count). The van der Waals surface area contributed by atoms with Crippen LogP contribution in [0.25, 0.3) is 5.65 Å². The van der Waals surface area contributed by atoms with Crippen molar-refractivity contribution in [2.24, 2.45) is 0 Å². The quantitative estimate of drug-likeness (QED) is 0.385. The van der Waals surface area contributed by atoms with Crippen molar-refractivity contribution < 1.29 is 9.53 Å². The number of amides is 1. The van der Waals surface area contributed by atoms with Gasteiger partial charge in [0, 0.05) is 48.7 Å². The van der Waals surface area contributed by atoms with Gasteiger partial charge >= 0.3 is 0 Å². The zero-order valence-corrected chi connectivity index (χ0v) is 20.5. The zero-order chi connectivity index (χ0) is 24.2. The maximum atomic E-state index is 12.9. The molecule has 0 bridgehead atoms. The molecule has 1 aliphatic heterocycles. The number of fused-ring (bicyclic) bond motifs is 1. The van der Waals surface area contributed by atoms with Gasteiger partial charge in [0.2, 0.25) is 0 Å². The van der Waals surface area contributed by atoms with Gasteiger partial charge in [-0.25, -0.2) is 4.98 Å². The number of carbonyl (C=O) groups is 1. The van der Waals surface area contributed by atoms with Gasteiger partial charge in [0.25, 0.3) is 5.91 Å². The van der Waals surface area contributed by atoms with E-state index >= 15 is 0 Å². The summed E-state index contributed by atoms with van der Waals surface area (Å²) in [6.45, 7) is 5.21. The Kier molecular flexibility index (Phi) is 7.02. The number of rotatable bonds is 7. The molecule has 4 aromatic rings. The highest BCUT2D eigenvalue weighted by molar-refractivity contribution is 6.30. The molecular formula is C28H29ClN4O2. The molecule has 0 spiro atoms. The molecule has 1 fully saturated rings. The number of nitrogens with one attached hydrogen (secondary N) is 1. The topological polar surface area (TPSA) is 58.9 Å². The van der Waals surface area contributed by atoms with Gasteiger partial charge in [-0.05, 0) is 67.3 Å². The summed E-state index contributed by atoms with van der Waals surface area (Å²) >= 11 is 5.98. The molecule has 0 radical (unpaired) electrons. The standard InChI is InChI=1S/C28H29ClN4O2/c1-20-5-10-27-30-25(18-33(27)16-20)19-35-26-4-2-3-22(15-26)28(34)31-24-11-13-32(14-12-24)17-21-6-8-23(29)9-7-21/h2-10,15-16,18,24H,11-14,17,19H2,1H3,(H,31,34). The highest BCUT2D eigenvalue weighted by Gasteiger charge is 2.21. The molecule has 0 unspecified atom stereocenters. The lowest BCUT2D eigenvalue weighted by Crippen LogP contribution is -2.44. The number of hydrogen-bond donors (Lipinski definition) is 1. The number of benzene rings is 2. The maximum absolute atomic E-state index is 12.9. The summed E-state index contributed by atoms with van der Waals surface area (Å²) in [6, 6.07) is 19.6. The minimum Gasteiger partial charge on any atom is -0.487 e. The first-order valence-corrected chi connectivity index (χ1v) is 12.3. The van der Waals surface area contributed by atoms with Gasteiger partial charge in [-0.2, -0.15) is 0 Å². The molecule has 35 heavy (non-hydrogen) atoms. The van der Waals surface area contributed by atoms with E-state index in [4.69, 9.17) is 16.3 Å². The fourth-order valence-electron chi connectivity index (χ4n) is 4.46. The first-order valence-electron chi connectivity index (χ1n) is 12.0. The molecule has 1 N–H and O–H groups in total. The summed E-state index contributed by atoms with van der Waals surface area (Å²) in [5.74, 6) is 0.596. The first kappa shape index (κ1) is 23.4. The van der Waals surface area contributed by atoms with Crippen molar-refractivity contribution >= 4 is 23.2 Å².